The highest BCUT2D eigenvalue weighted by Crippen LogP contribution is 2.10. The molecule has 1 aromatic rings. The van der Waals surface area contributed by atoms with Gasteiger partial charge < -0.3 is 4.74 Å². The molecule has 0 fully saturated rings. The van der Waals surface area contributed by atoms with E-state index in [-0.39, 0.29) is 5.82 Å². The van der Waals surface area contributed by atoms with Gasteiger partial charge in [0.1, 0.15) is 11.6 Å². The van der Waals surface area contributed by atoms with Gasteiger partial charge in [-0.3, -0.25) is 0 Å². The van der Waals surface area contributed by atoms with E-state index < -0.39 is 0 Å². The van der Waals surface area contributed by atoms with Crippen LogP contribution >= 0.6 is 0 Å². The van der Waals surface area contributed by atoms with Gasteiger partial charge >= 0.3 is 0 Å². The third-order valence-corrected chi connectivity index (χ3v) is 1.37. The molecule has 0 spiro atoms. The molecule has 63 valence electrons. The van der Waals surface area contributed by atoms with Gasteiger partial charge in [-0.2, -0.15) is 0 Å². The molecule has 1 rings (SSSR count). The molecule has 0 saturated carbocycles. The lowest BCUT2D eigenvalue weighted by Crippen LogP contribution is -1.94. The van der Waals surface area contributed by atoms with E-state index in [0.717, 1.165) is 0 Å². The molecular formula is C10H10FO. The SMILES string of the molecule is [CH]=CCCOc1ccc(F)cc1. The number of ether oxygens (including phenoxy) is 1. The summed E-state index contributed by atoms with van der Waals surface area (Å²) in [7, 11) is 0. The molecule has 0 aliphatic rings. The molecule has 0 aliphatic carbocycles. The number of benzene rings is 1. The maximum Gasteiger partial charge on any atom is 0.123 e. The number of rotatable bonds is 4. The van der Waals surface area contributed by atoms with Gasteiger partial charge in [-0.1, -0.05) is 12.7 Å². The van der Waals surface area contributed by atoms with Crippen LogP contribution in [0.3, 0.4) is 0 Å². The zero-order valence-electron chi connectivity index (χ0n) is 6.66. The summed E-state index contributed by atoms with van der Waals surface area (Å²) in [6.45, 7) is 5.68. The van der Waals surface area contributed by atoms with Crippen LogP contribution < -0.4 is 4.74 Å². The van der Waals surface area contributed by atoms with E-state index in [1.165, 1.54) is 18.2 Å². The van der Waals surface area contributed by atoms with Crippen LogP contribution in [-0.2, 0) is 0 Å². The monoisotopic (exact) mass is 165 g/mol. The van der Waals surface area contributed by atoms with Crippen LogP contribution in [0, 0.1) is 12.4 Å². The summed E-state index contributed by atoms with van der Waals surface area (Å²) >= 11 is 0. The molecule has 2 heteroatoms. The van der Waals surface area contributed by atoms with E-state index in [0.29, 0.717) is 18.8 Å². The zero-order chi connectivity index (χ0) is 8.81. The van der Waals surface area contributed by atoms with Crippen molar-refractivity contribution in [1.82, 2.24) is 0 Å². The fourth-order valence-corrected chi connectivity index (χ4v) is 0.776. The minimum absolute atomic E-state index is 0.257. The first-order valence-corrected chi connectivity index (χ1v) is 3.74. The first kappa shape index (κ1) is 8.78. The summed E-state index contributed by atoms with van der Waals surface area (Å²) in [4.78, 5) is 0. The van der Waals surface area contributed by atoms with Crippen molar-refractivity contribution in [3.8, 4) is 5.75 Å². The van der Waals surface area contributed by atoms with E-state index >= 15 is 0 Å². The number of hydrogen-bond donors (Lipinski definition) is 0. The Morgan fingerprint density at radius 1 is 1.33 bits per heavy atom. The predicted molar refractivity (Wildman–Crippen MR) is 45.4 cm³/mol. The van der Waals surface area contributed by atoms with Crippen LogP contribution in [0.1, 0.15) is 6.42 Å². The molecule has 0 saturated heterocycles. The fraction of sp³-hybridized carbons (Fsp3) is 0.200. The van der Waals surface area contributed by atoms with Gasteiger partial charge in [0, 0.05) is 0 Å². The Labute approximate surface area is 71.5 Å². The predicted octanol–water partition coefficient (Wildman–Crippen LogP) is 2.58. The molecule has 0 amide bonds. The van der Waals surface area contributed by atoms with Crippen molar-refractivity contribution in [2.75, 3.05) is 6.61 Å². The van der Waals surface area contributed by atoms with Gasteiger partial charge in [-0.15, -0.1) is 0 Å². The van der Waals surface area contributed by atoms with E-state index in [4.69, 9.17) is 11.3 Å². The second kappa shape index (κ2) is 4.54. The number of halogens is 1. The molecule has 1 aromatic carbocycles. The molecule has 0 atom stereocenters. The van der Waals surface area contributed by atoms with Crippen molar-refractivity contribution in [2.24, 2.45) is 0 Å². The second-order valence-electron chi connectivity index (χ2n) is 2.33. The van der Waals surface area contributed by atoms with Gasteiger partial charge in [-0.05, 0) is 30.7 Å². The number of hydrogen-bond acceptors (Lipinski definition) is 1. The van der Waals surface area contributed by atoms with E-state index in [1.54, 1.807) is 12.1 Å². The lowest BCUT2D eigenvalue weighted by molar-refractivity contribution is 0.324. The van der Waals surface area contributed by atoms with Gasteiger partial charge in [0.15, 0.2) is 0 Å². The van der Waals surface area contributed by atoms with Gasteiger partial charge in [0.05, 0.1) is 6.61 Å². The Balaban J connectivity index is 2.42. The maximum atomic E-state index is 12.4. The highest BCUT2D eigenvalue weighted by atomic mass is 19.1. The Kier molecular flexibility index (Phi) is 3.33. The van der Waals surface area contributed by atoms with Crippen molar-refractivity contribution >= 4 is 0 Å². The van der Waals surface area contributed by atoms with Gasteiger partial charge in [-0.25, -0.2) is 4.39 Å². The minimum Gasteiger partial charge on any atom is -0.493 e. The van der Waals surface area contributed by atoms with Crippen LogP contribution in [0.25, 0.3) is 0 Å². The smallest absolute Gasteiger partial charge is 0.123 e. The highest BCUT2D eigenvalue weighted by molar-refractivity contribution is 5.21. The molecule has 1 nitrogen and oxygen atoms in total. The van der Waals surface area contributed by atoms with E-state index in [1.807, 2.05) is 0 Å². The summed E-state index contributed by atoms with van der Waals surface area (Å²) < 4.78 is 17.6. The van der Waals surface area contributed by atoms with Crippen LogP contribution in [-0.4, -0.2) is 6.61 Å². The first-order valence-electron chi connectivity index (χ1n) is 3.74. The molecule has 1 radical (unpaired) electrons. The van der Waals surface area contributed by atoms with Crippen molar-refractivity contribution in [3.05, 3.63) is 42.7 Å². The van der Waals surface area contributed by atoms with Gasteiger partial charge in [0.2, 0.25) is 0 Å². The molecule has 12 heavy (non-hydrogen) atoms. The maximum absolute atomic E-state index is 12.4. The third kappa shape index (κ3) is 2.74. The quantitative estimate of drug-likeness (QED) is 0.623. The Morgan fingerprint density at radius 2 is 2.00 bits per heavy atom. The average Bonchev–Trinajstić information content (AvgIpc) is 2.09. The van der Waals surface area contributed by atoms with Crippen LogP contribution in [0.2, 0.25) is 0 Å². The molecule has 0 aliphatic heterocycles. The molecule has 0 bridgehead atoms. The van der Waals surface area contributed by atoms with Crippen molar-refractivity contribution in [1.29, 1.82) is 0 Å². The van der Waals surface area contributed by atoms with Crippen LogP contribution in [0.4, 0.5) is 4.39 Å². The van der Waals surface area contributed by atoms with Crippen LogP contribution in [0.15, 0.2) is 30.3 Å². The Morgan fingerprint density at radius 3 is 2.58 bits per heavy atom. The van der Waals surface area contributed by atoms with Crippen molar-refractivity contribution in [3.63, 3.8) is 0 Å². The fourth-order valence-electron chi connectivity index (χ4n) is 0.776. The topological polar surface area (TPSA) is 9.23 Å². The normalized spacial score (nSPS) is 9.42. The summed E-state index contributed by atoms with van der Waals surface area (Å²) in [5, 5.41) is 0. The Hall–Kier alpha value is -1.31. The molecule has 0 N–H and O–H groups in total. The second-order valence-corrected chi connectivity index (χ2v) is 2.33. The third-order valence-electron chi connectivity index (χ3n) is 1.37. The molecular weight excluding hydrogens is 155 g/mol. The first-order chi connectivity index (χ1) is 5.83. The Bertz CT molecular complexity index is 241. The van der Waals surface area contributed by atoms with Crippen molar-refractivity contribution < 1.29 is 9.13 Å². The molecule has 0 unspecified atom stereocenters. The standard InChI is InChI=1S/C10H10FO/c1-2-3-8-12-10-6-4-9(11)5-7-10/h1-2,4-7H,3,8H2. The average molecular weight is 165 g/mol. The van der Waals surface area contributed by atoms with E-state index in [2.05, 4.69) is 0 Å². The van der Waals surface area contributed by atoms with Crippen molar-refractivity contribution in [2.45, 2.75) is 6.42 Å². The van der Waals surface area contributed by atoms with Gasteiger partial charge in [0.25, 0.3) is 0 Å². The highest BCUT2D eigenvalue weighted by Gasteiger charge is 1.92. The molecule has 0 aromatic heterocycles. The molecule has 0 heterocycles. The largest absolute Gasteiger partial charge is 0.493 e. The summed E-state index contributed by atoms with van der Waals surface area (Å²) in [5.41, 5.74) is 0. The van der Waals surface area contributed by atoms with E-state index in [9.17, 15) is 4.39 Å². The summed E-state index contributed by atoms with van der Waals surface area (Å²) in [6, 6.07) is 5.90. The lowest BCUT2D eigenvalue weighted by atomic mass is 10.3. The lowest BCUT2D eigenvalue weighted by Gasteiger charge is -2.02. The zero-order valence-corrected chi connectivity index (χ0v) is 6.66. The van der Waals surface area contributed by atoms with Crippen LogP contribution in [0.5, 0.6) is 5.75 Å². The summed E-state index contributed by atoms with van der Waals surface area (Å²) in [5.74, 6) is 0.408. The minimum atomic E-state index is -0.257. The summed E-state index contributed by atoms with van der Waals surface area (Å²) in [6.07, 6.45) is 2.22.